The van der Waals surface area contributed by atoms with E-state index in [0.29, 0.717) is 6.54 Å². The second kappa shape index (κ2) is 6.69. The van der Waals surface area contributed by atoms with Gasteiger partial charge >= 0.3 is 0 Å². The largest absolute Gasteiger partial charge is 0.372 e. The maximum absolute atomic E-state index is 11.5. The number of hydrogen-bond donors (Lipinski definition) is 2. The summed E-state index contributed by atoms with van der Waals surface area (Å²) in [5.41, 5.74) is 6.86. The topological polar surface area (TPSA) is 64.3 Å². The standard InChI is InChI=1S/C13H16N2O2/c1-10(17-2)13(16)15-12-7-5-11(6-8-12)4-3-9-14/h5-8,10H,9,14H2,1-2H3,(H,15,16). The van der Waals surface area contributed by atoms with Gasteiger partial charge in [0.2, 0.25) is 0 Å². The van der Waals surface area contributed by atoms with Gasteiger partial charge in [0, 0.05) is 18.4 Å². The zero-order valence-electron chi connectivity index (χ0n) is 9.99. The van der Waals surface area contributed by atoms with Crippen molar-refractivity contribution in [1.82, 2.24) is 0 Å². The van der Waals surface area contributed by atoms with E-state index >= 15 is 0 Å². The summed E-state index contributed by atoms with van der Waals surface area (Å²) in [4.78, 5) is 11.5. The van der Waals surface area contributed by atoms with Gasteiger partial charge in [-0.25, -0.2) is 0 Å². The van der Waals surface area contributed by atoms with Crippen LogP contribution in [0, 0.1) is 11.8 Å². The van der Waals surface area contributed by atoms with Crippen molar-refractivity contribution >= 4 is 11.6 Å². The Bertz CT molecular complexity index is 429. The molecule has 17 heavy (non-hydrogen) atoms. The minimum Gasteiger partial charge on any atom is -0.372 e. The summed E-state index contributed by atoms with van der Waals surface area (Å²) in [5.74, 6) is 5.50. The van der Waals surface area contributed by atoms with Crippen LogP contribution in [-0.2, 0) is 9.53 Å². The third-order valence-electron chi connectivity index (χ3n) is 2.21. The van der Waals surface area contributed by atoms with E-state index in [2.05, 4.69) is 17.2 Å². The molecule has 3 N–H and O–H groups in total. The Labute approximate surface area is 101 Å². The lowest BCUT2D eigenvalue weighted by Crippen LogP contribution is -2.26. The molecule has 0 aliphatic heterocycles. The fourth-order valence-corrected chi connectivity index (χ4v) is 1.14. The summed E-state index contributed by atoms with van der Waals surface area (Å²) in [6.07, 6.45) is -0.466. The second-order valence-electron chi connectivity index (χ2n) is 3.45. The molecule has 0 aromatic heterocycles. The van der Waals surface area contributed by atoms with Gasteiger partial charge in [-0.05, 0) is 31.2 Å². The molecule has 0 bridgehead atoms. The van der Waals surface area contributed by atoms with E-state index in [1.54, 1.807) is 19.1 Å². The summed E-state index contributed by atoms with van der Waals surface area (Å²) in [7, 11) is 1.50. The molecule has 1 unspecified atom stereocenters. The summed E-state index contributed by atoms with van der Waals surface area (Å²) < 4.78 is 4.91. The van der Waals surface area contributed by atoms with Gasteiger partial charge in [0.25, 0.3) is 5.91 Å². The normalized spacial score (nSPS) is 11.2. The molecule has 1 aromatic carbocycles. The van der Waals surface area contributed by atoms with Gasteiger partial charge in [-0.15, -0.1) is 0 Å². The van der Waals surface area contributed by atoms with Crippen LogP contribution in [0.2, 0.25) is 0 Å². The van der Waals surface area contributed by atoms with Crippen LogP contribution in [-0.4, -0.2) is 25.7 Å². The number of hydrogen-bond acceptors (Lipinski definition) is 3. The number of rotatable bonds is 3. The molecule has 4 heteroatoms. The summed E-state index contributed by atoms with van der Waals surface area (Å²) in [5, 5.41) is 2.74. The lowest BCUT2D eigenvalue weighted by Gasteiger charge is -2.10. The van der Waals surface area contributed by atoms with Crippen LogP contribution in [0.5, 0.6) is 0 Å². The molecule has 4 nitrogen and oxygen atoms in total. The Morgan fingerprint density at radius 2 is 2.12 bits per heavy atom. The predicted octanol–water partition coefficient (Wildman–Crippen LogP) is 0.970. The molecule has 1 amide bonds. The van der Waals surface area contributed by atoms with E-state index in [1.165, 1.54) is 7.11 Å². The zero-order valence-corrected chi connectivity index (χ0v) is 9.99. The fraction of sp³-hybridized carbons (Fsp3) is 0.308. The molecule has 90 valence electrons. The first-order valence-corrected chi connectivity index (χ1v) is 5.30. The molecule has 1 aromatic rings. The number of carbonyl (C=O) groups excluding carboxylic acids is 1. The summed E-state index contributed by atoms with van der Waals surface area (Å²) in [6, 6.07) is 7.24. The number of benzene rings is 1. The van der Waals surface area contributed by atoms with Crippen LogP contribution < -0.4 is 11.1 Å². The van der Waals surface area contributed by atoms with Gasteiger partial charge < -0.3 is 15.8 Å². The second-order valence-corrected chi connectivity index (χ2v) is 3.45. The average Bonchev–Trinajstić information content (AvgIpc) is 2.37. The van der Waals surface area contributed by atoms with Crippen molar-refractivity contribution in [1.29, 1.82) is 0 Å². The molecular weight excluding hydrogens is 216 g/mol. The lowest BCUT2D eigenvalue weighted by atomic mass is 10.2. The number of amides is 1. The van der Waals surface area contributed by atoms with E-state index in [9.17, 15) is 4.79 Å². The van der Waals surface area contributed by atoms with Crippen LogP contribution >= 0.6 is 0 Å². The highest BCUT2D eigenvalue weighted by molar-refractivity contribution is 5.93. The van der Waals surface area contributed by atoms with Gasteiger partial charge in [0.15, 0.2) is 0 Å². The monoisotopic (exact) mass is 232 g/mol. The van der Waals surface area contributed by atoms with Crippen molar-refractivity contribution in [2.45, 2.75) is 13.0 Å². The van der Waals surface area contributed by atoms with E-state index in [4.69, 9.17) is 10.5 Å². The average molecular weight is 232 g/mol. The smallest absolute Gasteiger partial charge is 0.253 e. The third kappa shape index (κ3) is 4.27. The highest BCUT2D eigenvalue weighted by Gasteiger charge is 2.10. The van der Waals surface area contributed by atoms with Gasteiger partial charge in [-0.3, -0.25) is 4.79 Å². The van der Waals surface area contributed by atoms with Crippen molar-refractivity contribution in [2.24, 2.45) is 5.73 Å². The fourth-order valence-electron chi connectivity index (χ4n) is 1.14. The van der Waals surface area contributed by atoms with Crippen LogP contribution in [0.4, 0.5) is 5.69 Å². The maximum atomic E-state index is 11.5. The first-order valence-electron chi connectivity index (χ1n) is 5.30. The molecule has 1 rings (SSSR count). The Balaban J connectivity index is 2.65. The molecule has 0 radical (unpaired) electrons. The van der Waals surface area contributed by atoms with Crippen molar-refractivity contribution in [3.8, 4) is 11.8 Å². The van der Waals surface area contributed by atoms with E-state index in [1.807, 2.05) is 12.1 Å². The number of anilines is 1. The predicted molar refractivity (Wildman–Crippen MR) is 67.5 cm³/mol. The first kappa shape index (κ1) is 13.2. The number of carbonyl (C=O) groups is 1. The summed E-state index contributed by atoms with van der Waals surface area (Å²) in [6.45, 7) is 2.03. The third-order valence-corrected chi connectivity index (χ3v) is 2.21. The highest BCUT2D eigenvalue weighted by Crippen LogP contribution is 2.09. The Morgan fingerprint density at radius 3 is 2.65 bits per heavy atom. The van der Waals surface area contributed by atoms with Crippen LogP contribution in [0.3, 0.4) is 0 Å². The van der Waals surface area contributed by atoms with E-state index in [-0.39, 0.29) is 5.91 Å². The molecule has 0 saturated heterocycles. The minimum absolute atomic E-state index is 0.173. The highest BCUT2D eigenvalue weighted by atomic mass is 16.5. The Kier molecular flexibility index (Phi) is 5.21. The minimum atomic E-state index is -0.466. The molecule has 1 atom stereocenters. The molecule has 0 fully saturated rings. The molecule has 0 aliphatic rings. The van der Waals surface area contributed by atoms with Gasteiger partial charge in [0.1, 0.15) is 6.10 Å². The number of ether oxygens (including phenoxy) is 1. The number of nitrogens with two attached hydrogens (primary N) is 1. The van der Waals surface area contributed by atoms with Crippen LogP contribution in [0.1, 0.15) is 12.5 Å². The zero-order chi connectivity index (χ0) is 12.7. The maximum Gasteiger partial charge on any atom is 0.253 e. The van der Waals surface area contributed by atoms with E-state index in [0.717, 1.165) is 11.3 Å². The lowest BCUT2D eigenvalue weighted by molar-refractivity contribution is -0.124. The summed E-state index contributed by atoms with van der Waals surface area (Å²) >= 11 is 0. The number of nitrogens with one attached hydrogen (secondary N) is 1. The van der Waals surface area contributed by atoms with Crippen LogP contribution in [0.25, 0.3) is 0 Å². The van der Waals surface area contributed by atoms with Crippen LogP contribution in [0.15, 0.2) is 24.3 Å². The van der Waals surface area contributed by atoms with E-state index < -0.39 is 6.10 Å². The van der Waals surface area contributed by atoms with Crippen molar-refractivity contribution in [2.75, 3.05) is 19.0 Å². The van der Waals surface area contributed by atoms with Gasteiger partial charge in [-0.1, -0.05) is 11.8 Å². The Hall–Kier alpha value is -1.83. The van der Waals surface area contributed by atoms with Crippen molar-refractivity contribution in [3.05, 3.63) is 29.8 Å². The molecule has 0 spiro atoms. The van der Waals surface area contributed by atoms with Gasteiger partial charge in [-0.2, -0.15) is 0 Å². The molecule has 0 saturated carbocycles. The quantitative estimate of drug-likeness (QED) is 0.763. The number of methoxy groups -OCH3 is 1. The van der Waals surface area contributed by atoms with Crippen molar-refractivity contribution < 1.29 is 9.53 Å². The molecule has 0 aliphatic carbocycles. The molecule has 0 heterocycles. The van der Waals surface area contributed by atoms with Crippen molar-refractivity contribution in [3.63, 3.8) is 0 Å². The first-order chi connectivity index (χ1) is 8.17. The van der Waals surface area contributed by atoms with Gasteiger partial charge in [0.05, 0.1) is 6.54 Å². The molecular formula is C13H16N2O2. The SMILES string of the molecule is COC(C)C(=O)Nc1ccc(C#CCN)cc1. The Morgan fingerprint density at radius 1 is 1.47 bits per heavy atom.